The van der Waals surface area contributed by atoms with E-state index in [0.29, 0.717) is 11.4 Å². The lowest BCUT2D eigenvalue weighted by atomic mass is 10.2. The molecule has 3 heterocycles. The molecular weight excluding hydrogens is 378 g/mol. The Hall–Kier alpha value is -3.37. The second kappa shape index (κ2) is 7.33. The second-order valence-corrected chi connectivity index (χ2v) is 7.79. The maximum atomic E-state index is 12.7. The first-order chi connectivity index (χ1) is 13.5. The largest absolute Gasteiger partial charge is 0.275 e. The third kappa shape index (κ3) is 3.68. The molecule has 4 rings (SSSR count). The smallest absolute Gasteiger partial charge is 0.240 e. The van der Waals surface area contributed by atoms with Crippen LogP contribution in [0, 0.1) is 0 Å². The molecule has 0 aliphatic rings. The number of hydrogen-bond donors (Lipinski definition) is 1. The van der Waals surface area contributed by atoms with E-state index in [1.165, 1.54) is 18.3 Å². The molecule has 0 bridgehead atoms. The van der Waals surface area contributed by atoms with Gasteiger partial charge in [0.2, 0.25) is 10.0 Å². The lowest BCUT2D eigenvalue weighted by molar-refractivity contribution is 0.580. The number of rotatable bonds is 6. The Labute approximate surface area is 161 Å². The maximum Gasteiger partial charge on any atom is 0.240 e. The van der Waals surface area contributed by atoms with Crippen LogP contribution >= 0.6 is 0 Å². The van der Waals surface area contributed by atoms with Crippen LogP contribution in [0.5, 0.6) is 0 Å². The van der Waals surface area contributed by atoms with Crippen LogP contribution in [0.25, 0.3) is 16.9 Å². The minimum Gasteiger partial charge on any atom is -0.275 e. The number of sulfonamides is 1. The van der Waals surface area contributed by atoms with Crippen LogP contribution in [0.1, 0.15) is 5.69 Å². The molecule has 28 heavy (non-hydrogen) atoms. The van der Waals surface area contributed by atoms with Crippen molar-refractivity contribution in [3.63, 3.8) is 0 Å². The fourth-order valence-electron chi connectivity index (χ4n) is 2.73. The van der Waals surface area contributed by atoms with Gasteiger partial charge in [-0.05, 0) is 30.3 Å². The summed E-state index contributed by atoms with van der Waals surface area (Å²) >= 11 is 0. The van der Waals surface area contributed by atoms with Crippen molar-refractivity contribution in [2.24, 2.45) is 7.05 Å². The summed E-state index contributed by atoms with van der Waals surface area (Å²) in [5.74, 6) is 0. The summed E-state index contributed by atoms with van der Waals surface area (Å²) in [6.45, 7) is 0.0152. The normalized spacial score (nSPS) is 11.6. The first-order valence-corrected chi connectivity index (χ1v) is 9.90. The predicted molar refractivity (Wildman–Crippen MR) is 102 cm³/mol. The summed E-state index contributed by atoms with van der Waals surface area (Å²) in [6, 6.07) is 8.28. The summed E-state index contributed by atoms with van der Waals surface area (Å²) in [7, 11) is -1.91. The number of benzene rings is 1. The highest BCUT2D eigenvalue weighted by atomic mass is 32.2. The Bertz CT molecular complexity index is 1180. The van der Waals surface area contributed by atoms with Crippen molar-refractivity contribution in [1.82, 2.24) is 34.3 Å². The van der Waals surface area contributed by atoms with Gasteiger partial charge in [0.05, 0.1) is 34.7 Å². The van der Waals surface area contributed by atoms with Gasteiger partial charge in [-0.25, -0.2) is 17.8 Å². The van der Waals surface area contributed by atoms with E-state index < -0.39 is 10.0 Å². The van der Waals surface area contributed by atoms with E-state index in [4.69, 9.17) is 0 Å². The monoisotopic (exact) mass is 395 g/mol. The minimum absolute atomic E-state index is 0.0152. The summed E-state index contributed by atoms with van der Waals surface area (Å²) in [6.07, 6.45) is 10.0. The van der Waals surface area contributed by atoms with E-state index in [-0.39, 0.29) is 11.4 Å². The molecule has 9 nitrogen and oxygen atoms in total. The fourth-order valence-corrected chi connectivity index (χ4v) is 3.71. The fraction of sp³-hybridized carbons (Fsp3) is 0.111. The highest BCUT2D eigenvalue weighted by Crippen LogP contribution is 2.19. The van der Waals surface area contributed by atoms with Gasteiger partial charge >= 0.3 is 0 Å². The Morgan fingerprint density at radius 2 is 1.82 bits per heavy atom. The predicted octanol–water partition coefficient (Wildman–Crippen LogP) is 1.54. The summed E-state index contributed by atoms with van der Waals surface area (Å²) in [5, 5.41) is 8.25. The molecule has 0 saturated heterocycles. The van der Waals surface area contributed by atoms with Crippen LogP contribution in [0.15, 0.2) is 72.4 Å². The van der Waals surface area contributed by atoms with E-state index in [2.05, 4.69) is 24.9 Å². The van der Waals surface area contributed by atoms with Crippen LogP contribution in [-0.2, 0) is 23.6 Å². The molecule has 0 aliphatic carbocycles. The van der Waals surface area contributed by atoms with Crippen LogP contribution in [0.3, 0.4) is 0 Å². The zero-order chi connectivity index (χ0) is 19.6. The zero-order valence-electron chi connectivity index (χ0n) is 15.0. The Morgan fingerprint density at radius 3 is 2.50 bits per heavy atom. The number of hydrogen-bond acceptors (Lipinski definition) is 6. The standard InChI is InChI=1S/C18H17N7O2S/c1-24-13-14(11-22-24)18-17(19-8-9-20-18)12-23-28(26,27)16-5-3-15(4-6-16)25-10-2-7-21-25/h2-11,13,23H,12H2,1H3. The van der Waals surface area contributed by atoms with Crippen LogP contribution in [-0.4, -0.2) is 37.9 Å². The molecule has 0 radical (unpaired) electrons. The summed E-state index contributed by atoms with van der Waals surface area (Å²) in [4.78, 5) is 8.75. The first kappa shape index (κ1) is 18.0. The molecule has 0 unspecified atom stereocenters. The molecule has 10 heteroatoms. The molecule has 0 aliphatic heterocycles. The Kier molecular flexibility index (Phi) is 4.72. The molecule has 1 aromatic carbocycles. The lowest BCUT2D eigenvalue weighted by Crippen LogP contribution is -2.24. The van der Waals surface area contributed by atoms with Crippen LogP contribution < -0.4 is 4.72 Å². The van der Waals surface area contributed by atoms with Gasteiger partial charge in [-0.15, -0.1) is 0 Å². The quantitative estimate of drug-likeness (QED) is 0.531. The number of aryl methyl sites for hydroxylation is 1. The van der Waals surface area contributed by atoms with Crippen molar-refractivity contribution >= 4 is 10.0 Å². The van der Waals surface area contributed by atoms with E-state index in [1.54, 1.807) is 65.6 Å². The lowest BCUT2D eigenvalue weighted by Gasteiger charge is -2.09. The third-order valence-corrected chi connectivity index (χ3v) is 5.52. The van der Waals surface area contributed by atoms with E-state index in [1.807, 2.05) is 0 Å². The molecule has 0 fully saturated rings. The average Bonchev–Trinajstić information content (AvgIpc) is 3.39. The maximum absolute atomic E-state index is 12.7. The van der Waals surface area contributed by atoms with Gasteiger partial charge in [-0.1, -0.05) is 0 Å². The van der Waals surface area contributed by atoms with Crippen LogP contribution in [0.4, 0.5) is 0 Å². The summed E-state index contributed by atoms with van der Waals surface area (Å²) < 4.78 is 31.2. The van der Waals surface area contributed by atoms with Crippen molar-refractivity contribution < 1.29 is 8.42 Å². The van der Waals surface area contributed by atoms with E-state index >= 15 is 0 Å². The second-order valence-electron chi connectivity index (χ2n) is 6.02. The third-order valence-electron chi connectivity index (χ3n) is 4.10. The van der Waals surface area contributed by atoms with Crippen molar-refractivity contribution in [2.75, 3.05) is 0 Å². The molecule has 1 N–H and O–H groups in total. The van der Waals surface area contributed by atoms with Crippen molar-refractivity contribution in [2.45, 2.75) is 11.4 Å². The molecule has 142 valence electrons. The van der Waals surface area contributed by atoms with Crippen molar-refractivity contribution in [1.29, 1.82) is 0 Å². The van der Waals surface area contributed by atoms with Crippen LogP contribution in [0.2, 0.25) is 0 Å². The Morgan fingerprint density at radius 1 is 1.04 bits per heavy atom. The number of nitrogens with one attached hydrogen (secondary N) is 1. The Balaban J connectivity index is 1.53. The molecular formula is C18H17N7O2S. The van der Waals surface area contributed by atoms with Gasteiger partial charge < -0.3 is 0 Å². The van der Waals surface area contributed by atoms with Crippen molar-refractivity contribution in [3.05, 3.63) is 73.2 Å². The van der Waals surface area contributed by atoms with E-state index in [9.17, 15) is 8.42 Å². The van der Waals surface area contributed by atoms with Crippen molar-refractivity contribution in [3.8, 4) is 16.9 Å². The molecule has 4 aromatic rings. The SMILES string of the molecule is Cn1cc(-c2nccnc2CNS(=O)(=O)c2ccc(-n3cccn3)cc2)cn1. The number of aromatic nitrogens is 6. The van der Waals surface area contributed by atoms with Gasteiger partial charge in [-0.3, -0.25) is 14.6 Å². The molecule has 0 atom stereocenters. The molecule has 0 saturated carbocycles. The van der Waals surface area contributed by atoms with Gasteiger partial charge in [0.15, 0.2) is 0 Å². The van der Waals surface area contributed by atoms with E-state index in [0.717, 1.165) is 11.3 Å². The van der Waals surface area contributed by atoms with Gasteiger partial charge in [0.25, 0.3) is 0 Å². The molecule has 0 spiro atoms. The summed E-state index contributed by atoms with van der Waals surface area (Å²) in [5.41, 5.74) is 2.66. The average molecular weight is 395 g/mol. The highest BCUT2D eigenvalue weighted by molar-refractivity contribution is 7.89. The zero-order valence-corrected chi connectivity index (χ0v) is 15.8. The number of nitrogens with zero attached hydrogens (tertiary/aromatic N) is 6. The molecule has 0 amide bonds. The first-order valence-electron chi connectivity index (χ1n) is 8.41. The topological polar surface area (TPSA) is 108 Å². The van der Waals surface area contributed by atoms with Gasteiger partial charge in [0, 0.05) is 43.6 Å². The minimum atomic E-state index is -3.71. The van der Waals surface area contributed by atoms with Gasteiger partial charge in [-0.2, -0.15) is 10.2 Å². The van der Waals surface area contributed by atoms with Gasteiger partial charge in [0.1, 0.15) is 0 Å². The highest BCUT2D eigenvalue weighted by Gasteiger charge is 2.17. The molecule has 3 aromatic heterocycles.